The van der Waals surface area contributed by atoms with Gasteiger partial charge in [-0.05, 0) is 0 Å². The van der Waals surface area contributed by atoms with Crippen LogP contribution in [0.3, 0.4) is 0 Å². The molecule has 21 heavy (non-hydrogen) atoms. The summed E-state index contributed by atoms with van der Waals surface area (Å²) in [4.78, 5) is 16.6. The van der Waals surface area contributed by atoms with Crippen molar-refractivity contribution < 1.29 is 23.7 Å². The van der Waals surface area contributed by atoms with E-state index in [0.717, 1.165) is 39.5 Å². The van der Waals surface area contributed by atoms with Crippen molar-refractivity contribution in [3.63, 3.8) is 0 Å². The van der Waals surface area contributed by atoms with E-state index in [2.05, 4.69) is 4.90 Å². The van der Waals surface area contributed by atoms with Crippen LogP contribution in [0.5, 0.6) is 0 Å². The molecule has 4 aliphatic heterocycles. The predicted octanol–water partition coefficient (Wildman–Crippen LogP) is -1.29. The first kappa shape index (κ1) is 13.9. The lowest BCUT2D eigenvalue weighted by Gasteiger charge is -2.26. The summed E-state index contributed by atoms with van der Waals surface area (Å²) in [6.45, 7) is 6.60. The molecule has 1 amide bonds. The van der Waals surface area contributed by atoms with Crippen molar-refractivity contribution in [1.29, 1.82) is 0 Å². The molecule has 0 aromatic heterocycles. The zero-order chi connectivity index (χ0) is 14.2. The molecule has 4 unspecified atom stereocenters. The lowest BCUT2D eigenvalue weighted by Crippen LogP contribution is -2.45. The molecule has 7 nitrogen and oxygen atoms in total. The van der Waals surface area contributed by atoms with Gasteiger partial charge in [0.25, 0.3) is 0 Å². The highest BCUT2D eigenvalue weighted by molar-refractivity contribution is 5.78. The Morgan fingerprint density at radius 1 is 0.762 bits per heavy atom. The second-order valence-corrected chi connectivity index (χ2v) is 6.31. The van der Waals surface area contributed by atoms with Gasteiger partial charge in [-0.2, -0.15) is 0 Å². The molecule has 0 N–H and O–H groups in total. The Hall–Kier alpha value is -0.730. The van der Waals surface area contributed by atoms with Crippen LogP contribution in [0.2, 0.25) is 0 Å². The summed E-state index contributed by atoms with van der Waals surface area (Å²) < 4.78 is 21.1. The highest BCUT2D eigenvalue weighted by Gasteiger charge is 2.35. The van der Waals surface area contributed by atoms with Gasteiger partial charge in [-0.1, -0.05) is 0 Å². The van der Waals surface area contributed by atoms with Crippen molar-refractivity contribution in [2.75, 3.05) is 59.2 Å². The first-order chi connectivity index (χ1) is 10.3. The minimum atomic E-state index is 0.155. The van der Waals surface area contributed by atoms with Gasteiger partial charge >= 0.3 is 0 Å². The number of rotatable bonds is 10. The average molecular weight is 298 g/mol. The van der Waals surface area contributed by atoms with Crippen molar-refractivity contribution in [2.24, 2.45) is 0 Å². The molecular weight excluding hydrogens is 276 g/mol. The minimum absolute atomic E-state index is 0.155. The van der Waals surface area contributed by atoms with Crippen molar-refractivity contribution >= 4 is 5.91 Å². The van der Waals surface area contributed by atoms with Crippen LogP contribution < -0.4 is 0 Å². The average Bonchev–Trinajstić information content (AvgIpc) is 3.30. The summed E-state index contributed by atoms with van der Waals surface area (Å²) in [6.07, 6.45) is 1.03. The monoisotopic (exact) mass is 298 g/mol. The highest BCUT2D eigenvalue weighted by Crippen LogP contribution is 2.18. The fourth-order valence-electron chi connectivity index (χ4n) is 2.53. The molecule has 4 atom stereocenters. The molecule has 118 valence electrons. The number of carbonyl (C=O) groups excluding carboxylic acids is 1. The Morgan fingerprint density at radius 2 is 1.14 bits per heavy atom. The quantitative estimate of drug-likeness (QED) is 0.467. The molecule has 0 aromatic carbocycles. The molecule has 0 radical (unpaired) electrons. The zero-order valence-electron chi connectivity index (χ0n) is 12.1. The molecule has 0 aliphatic carbocycles. The van der Waals surface area contributed by atoms with E-state index < -0.39 is 0 Å². The lowest BCUT2D eigenvalue weighted by atomic mass is 10.3. The largest absolute Gasteiger partial charge is 0.372 e. The first-order valence-corrected chi connectivity index (χ1v) is 7.73. The van der Waals surface area contributed by atoms with Gasteiger partial charge in [-0.3, -0.25) is 9.69 Å². The van der Waals surface area contributed by atoms with E-state index in [0.29, 0.717) is 31.8 Å². The highest BCUT2D eigenvalue weighted by atomic mass is 16.6. The van der Waals surface area contributed by atoms with E-state index >= 15 is 0 Å². The van der Waals surface area contributed by atoms with E-state index in [9.17, 15) is 4.79 Å². The Balaban J connectivity index is 1.30. The molecule has 0 spiro atoms. The van der Waals surface area contributed by atoms with Crippen LogP contribution >= 0.6 is 0 Å². The van der Waals surface area contributed by atoms with Crippen LogP contribution in [-0.2, 0) is 23.7 Å². The molecule has 4 saturated heterocycles. The number of epoxide rings is 4. The van der Waals surface area contributed by atoms with Crippen LogP contribution in [0.25, 0.3) is 0 Å². The third kappa shape index (κ3) is 4.62. The van der Waals surface area contributed by atoms with E-state index in [-0.39, 0.29) is 18.1 Å². The molecule has 7 heteroatoms. The van der Waals surface area contributed by atoms with E-state index in [1.54, 1.807) is 0 Å². The van der Waals surface area contributed by atoms with E-state index in [4.69, 9.17) is 18.9 Å². The van der Waals surface area contributed by atoms with Gasteiger partial charge in [0.15, 0.2) is 0 Å². The predicted molar refractivity (Wildman–Crippen MR) is 72.0 cm³/mol. The Kier molecular flexibility index (Phi) is 3.85. The van der Waals surface area contributed by atoms with Gasteiger partial charge < -0.3 is 23.8 Å². The van der Waals surface area contributed by atoms with Crippen LogP contribution in [-0.4, -0.2) is 99.3 Å². The second-order valence-electron chi connectivity index (χ2n) is 6.31. The van der Waals surface area contributed by atoms with Crippen molar-refractivity contribution in [1.82, 2.24) is 9.80 Å². The van der Waals surface area contributed by atoms with Crippen LogP contribution in [0.15, 0.2) is 0 Å². The normalized spacial score (nSPS) is 35.7. The molecule has 4 heterocycles. The summed E-state index contributed by atoms with van der Waals surface area (Å²) in [6, 6.07) is 0. The minimum Gasteiger partial charge on any atom is -0.372 e. The molecule has 4 fully saturated rings. The molecule has 4 aliphatic rings. The van der Waals surface area contributed by atoms with Crippen molar-refractivity contribution in [3.05, 3.63) is 0 Å². The maximum Gasteiger partial charge on any atom is 0.236 e. The lowest BCUT2D eigenvalue weighted by molar-refractivity contribution is -0.133. The molecule has 0 saturated carbocycles. The molecular formula is C14H22N2O5. The number of nitrogens with zero attached hydrogens (tertiary/aromatic N) is 2. The van der Waals surface area contributed by atoms with Gasteiger partial charge in [0.05, 0.1) is 57.4 Å². The fourth-order valence-corrected chi connectivity index (χ4v) is 2.53. The number of hydrogen-bond acceptors (Lipinski definition) is 6. The van der Waals surface area contributed by atoms with Gasteiger partial charge in [-0.25, -0.2) is 0 Å². The molecule has 0 bridgehead atoms. The summed E-state index contributed by atoms with van der Waals surface area (Å²) >= 11 is 0. The third-order valence-corrected chi connectivity index (χ3v) is 4.09. The Bertz CT molecular complexity index is 363. The Morgan fingerprint density at radius 3 is 1.52 bits per heavy atom. The fraction of sp³-hybridized carbons (Fsp3) is 0.929. The molecule has 0 aromatic rings. The van der Waals surface area contributed by atoms with E-state index in [1.807, 2.05) is 4.90 Å². The number of ether oxygens (including phenoxy) is 4. The molecule has 4 rings (SSSR count). The summed E-state index contributed by atoms with van der Waals surface area (Å²) in [7, 11) is 0. The van der Waals surface area contributed by atoms with Crippen LogP contribution in [0.1, 0.15) is 0 Å². The third-order valence-electron chi connectivity index (χ3n) is 4.09. The van der Waals surface area contributed by atoms with Gasteiger partial charge in [0.1, 0.15) is 0 Å². The van der Waals surface area contributed by atoms with Gasteiger partial charge in [0, 0.05) is 26.2 Å². The van der Waals surface area contributed by atoms with Gasteiger partial charge in [-0.15, -0.1) is 0 Å². The smallest absolute Gasteiger partial charge is 0.236 e. The van der Waals surface area contributed by atoms with E-state index in [1.165, 1.54) is 0 Å². The van der Waals surface area contributed by atoms with Gasteiger partial charge in [0.2, 0.25) is 5.91 Å². The maximum atomic E-state index is 12.6. The standard InChI is InChI=1S/C14H22N2O5/c17-14(16(3-12-8-20-12)4-13-9-21-13)5-15(1-10-6-18-10)2-11-7-19-11/h10-13H,1-9H2. The second kappa shape index (κ2) is 5.81. The Labute approximate surface area is 124 Å². The van der Waals surface area contributed by atoms with Crippen LogP contribution in [0, 0.1) is 0 Å². The summed E-state index contributed by atoms with van der Waals surface area (Å²) in [5, 5.41) is 0. The maximum absolute atomic E-state index is 12.6. The number of amides is 1. The zero-order valence-corrected chi connectivity index (χ0v) is 12.1. The summed E-state index contributed by atoms with van der Waals surface area (Å²) in [5.74, 6) is 0.155. The number of hydrogen-bond donors (Lipinski definition) is 0. The summed E-state index contributed by atoms with van der Waals surface area (Å²) in [5.41, 5.74) is 0. The number of carbonyl (C=O) groups is 1. The SMILES string of the molecule is O=C(CN(CC1CO1)CC1CO1)N(CC1CO1)CC1CO1. The van der Waals surface area contributed by atoms with Crippen molar-refractivity contribution in [2.45, 2.75) is 24.4 Å². The van der Waals surface area contributed by atoms with Crippen molar-refractivity contribution in [3.8, 4) is 0 Å². The van der Waals surface area contributed by atoms with Crippen LogP contribution in [0.4, 0.5) is 0 Å². The first-order valence-electron chi connectivity index (χ1n) is 7.73. The topological polar surface area (TPSA) is 73.7 Å².